The minimum Gasteiger partial charge on any atom is -0.392 e. The Bertz CT molecular complexity index is 647. The van der Waals surface area contributed by atoms with E-state index in [0.717, 1.165) is 6.07 Å². The Morgan fingerprint density at radius 1 is 1.00 bits per heavy atom. The smallest absolute Gasteiger partial charge is 0.392 e. The van der Waals surface area contributed by atoms with Crippen LogP contribution in [-0.2, 0) is 19.0 Å². The van der Waals surface area contributed by atoms with Gasteiger partial charge in [0.2, 0.25) is 0 Å². The molecule has 0 amide bonds. The molecule has 2 nitrogen and oxygen atoms in total. The van der Waals surface area contributed by atoms with E-state index < -0.39 is 35.7 Å². The molecule has 0 aliphatic heterocycles. The predicted molar refractivity (Wildman–Crippen MR) is 57.7 cm³/mol. The van der Waals surface area contributed by atoms with Crippen molar-refractivity contribution in [2.75, 3.05) is 0 Å². The predicted octanol–water partition coefficient (Wildman–Crippen LogP) is 3.76. The molecule has 0 spiro atoms. The molecule has 20 heavy (non-hydrogen) atoms. The van der Waals surface area contributed by atoms with Crippen LogP contribution in [0.5, 0.6) is 0 Å². The van der Waals surface area contributed by atoms with Crippen LogP contribution in [0.1, 0.15) is 16.8 Å². The number of alkyl halides is 6. The third kappa shape index (κ3) is 2.55. The average molecular weight is 295 g/mol. The minimum atomic E-state index is -4.89. The first-order chi connectivity index (χ1) is 9.14. The average Bonchev–Trinajstić information content (AvgIpc) is 2.34. The topological polar surface area (TPSA) is 33.1 Å². The molecule has 0 saturated carbocycles. The molecule has 1 aromatic carbocycles. The highest BCUT2D eigenvalue weighted by Crippen LogP contribution is 2.37. The van der Waals surface area contributed by atoms with Gasteiger partial charge in [0.05, 0.1) is 17.7 Å². The number of hydrogen-bond donors (Lipinski definition) is 1. The molecule has 108 valence electrons. The largest absolute Gasteiger partial charge is 0.433 e. The normalized spacial score (nSPS) is 12.9. The van der Waals surface area contributed by atoms with E-state index >= 15 is 0 Å². The standard InChI is InChI=1S/C12H7F6NO/c13-11(14,15)8-3-1-2-7-6(5-20)4-9(12(16,17)18)19-10(7)8/h1-4,20H,5H2. The maximum absolute atomic E-state index is 12.8. The fraction of sp³-hybridized carbons (Fsp3) is 0.250. The Labute approximate surface area is 108 Å². The molecule has 1 heterocycles. The van der Waals surface area contributed by atoms with Crippen LogP contribution >= 0.6 is 0 Å². The van der Waals surface area contributed by atoms with E-state index in [4.69, 9.17) is 5.11 Å². The quantitative estimate of drug-likeness (QED) is 0.812. The molecule has 0 bridgehead atoms. The highest BCUT2D eigenvalue weighted by atomic mass is 19.4. The summed E-state index contributed by atoms with van der Waals surface area (Å²) in [5, 5.41) is 8.89. The summed E-state index contributed by atoms with van der Waals surface area (Å²) in [6.45, 7) is -0.816. The van der Waals surface area contributed by atoms with Crippen molar-refractivity contribution in [3.05, 3.63) is 41.1 Å². The molecule has 0 fully saturated rings. The van der Waals surface area contributed by atoms with Crippen LogP contribution in [0.2, 0.25) is 0 Å². The van der Waals surface area contributed by atoms with Gasteiger partial charge in [0.1, 0.15) is 5.69 Å². The highest BCUT2D eigenvalue weighted by molar-refractivity contribution is 5.85. The van der Waals surface area contributed by atoms with Gasteiger partial charge < -0.3 is 5.11 Å². The summed E-state index contributed by atoms with van der Waals surface area (Å²) in [6.07, 6.45) is -9.72. The van der Waals surface area contributed by atoms with Crippen LogP contribution in [0.25, 0.3) is 10.9 Å². The molecule has 2 rings (SSSR count). The van der Waals surface area contributed by atoms with Crippen LogP contribution in [0.4, 0.5) is 26.3 Å². The summed E-state index contributed by atoms with van der Waals surface area (Å²) < 4.78 is 76.3. The van der Waals surface area contributed by atoms with Gasteiger partial charge in [-0.2, -0.15) is 26.3 Å². The number of halogens is 6. The van der Waals surface area contributed by atoms with Crippen molar-refractivity contribution in [2.45, 2.75) is 19.0 Å². The molecular formula is C12H7F6NO. The zero-order valence-corrected chi connectivity index (χ0v) is 9.68. The third-order valence-electron chi connectivity index (χ3n) is 2.69. The van der Waals surface area contributed by atoms with E-state index in [1.54, 1.807) is 0 Å². The van der Waals surface area contributed by atoms with Crippen LogP contribution in [0.15, 0.2) is 24.3 Å². The number of aliphatic hydroxyl groups excluding tert-OH is 1. The first-order valence-corrected chi connectivity index (χ1v) is 5.32. The van der Waals surface area contributed by atoms with E-state index in [0.29, 0.717) is 12.1 Å². The number of aliphatic hydroxyl groups is 1. The number of para-hydroxylation sites is 1. The Hall–Kier alpha value is -1.83. The second kappa shape index (κ2) is 4.62. The van der Waals surface area contributed by atoms with Crippen LogP contribution < -0.4 is 0 Å². The van der Waals surface area contributed by atoms with Crippen molar-refractivity contribution in [1.29, 1.82) is 0 Å². The van der Waals surface area contributed by atoms with Crippen LogP contribution in [0, 0.1) is 0 Å². The van der Waals surface area contributed by atoms with Crippen molar-refractivity contribution in [2.24, 2.45) is 0 Å². The molecule has 0 aliphatic carbocycles. The van der Waals surface area contributed by atoms with Crippen molar-refractivity contribution < 1.29 is 31.4 Å². The van der Waals surface area contributed by atoms with Crippen molar-refractivity contribution in [3.63, 3.8) is 0 Å². The summed E-state index contributed by atoms with van der Waals surface area (Å²) in [4.78, 5) is 3.07. The monoisotopic (exact) mass is 295 g/mol. The summed E-state index contributed by atoms with van der Waals surface area (Å²) in [5.41, 5.74) is -3.81. The second-order valence-electron chi connectivity index (χ2n) is 4.02. The summed E-state index contributed by atoms with van der Waals surface area (Å²) in [6, 6.07) is 3.43. The Kier molecular flexibility index (Phi) is 3.37. The third-order valence-corrected chi connectivity index (χ3v) is 2.69. The van der Waals surface area contributed by atoms with Gasteiger partial charge in [-0.3, -0.25) is 0 Å². The zero-order chi connectivity index (χ0) is 15.1. The first-order valence-electron chi connectivity index (χ1n) is 5.32. The van der Waals surface area contributed by atoms with Gasteiger partial charge in [-0.25, -0.2) is 4.98 Å². The Morgan fingerprint density at radius 3 is 2.15 bits per heavy atom. The lowest BCUT2D eigenvalue weighted by Gasteiger charge is -2.14. The van der Waals surface area contributed by atoms with Crippen molar-refractivity contribution >= 4 is 10.9 Å². The van der Waals surface area contributed by atoms with E-state index in [1.807, 2.05) is 0 Å². The lowest BCUT2D eigenvalue weighted by Crippen LogP contribution is -2.12. The molecule has 0 aliphatic rings. The number of nitrogens with zero attached hydrogens (tertiary/aromatic N) is 1. The molecule has 8 heteroatoms. The Balaban J connectivity index is 2.87. The molecule has 0 atom stereocenters. The van der Waals surface area contributed by atoms with E-state index in [1.165, 1.54) is 6.07 Å². The summed E-state index contributed by atoms with van der Waals surface area (Å²) >= 11 is 0. The molecule has 0 unspecified atom stereocenters. The van der Waals surface area contributed by atoms with E-state index in [2.05, 4.69) is 4.98 Å². The fourth-order valence-corrected chi connectivity index (χ4v) is 1.82. The van der Waals surface area contributed by atoms with E-state index in [-0.39, 0.29) is 10.9 Å². The molecule has 0 radical (unpaired) electrons. The maximum atomic E-state index is 12.8. The molecular weight excluding hydrogens is 288 g/mol. The molecule has 0 saturated heterocycles. The molecule has 1 aromatic heterocycles. The van der Waals surface area contributed by atoms with E-state index in [9.17, 15) is 26.3 Å². The lowest BCUT2D eigenvalue weighted by molar-refractivity contribution is -0.142. The summed E-state index contributed by atoms with van der Waals surface area (Å²) in [5.74, 6) is 0. The number of hydrogen-bond acceptors (Lipinski definition) is 2. The number of benzene rings is 1. The Morgan fingerprint density at radius 2 is 1.65 bits per heavy atom. The molecule has 2 aromatic rings. The van der Waals surface area contributed by atoms with Gasteiger partial charge >= 0.3 is 12.4 Å². The first kappa shape index (κ1) is 14.6. The molecule has 1 N–H and O–H groups in total. The number of aromatic nitrogens is 1. The SMILES string of the molecule is OCc1cc(C(F)(F)F)nc2c(C(F)(F)F)cccc12. The van der Waals surface area contributed by atoms with Crippen molar-refractivity contribution in [3.8, 4) is 0 Å². The van der Waals surface area contributed by atoms with Crippen molar-refractivity contribution in [1.82, 2.24) is 4.98 Å². The fourth-order valence-electron chi connectivity index (χ4n) is 1.82. The summed E-state index contributed by atoms with van der Waals surface area (Å²) in [7, 11) is 0. The number of rotatable bonds is 1. The van der Waals surface area contributed by atoms with Crippen LogP contribution in [-0.4, -0.2) is 10.1 Å². The van der Waals surface area contributed by atoms with Crippen LogP contribution in [0.3, 0.4) is 0 Å². The van der Waals surface area contributed by atoms with Gasteiger partial charge in [0, 0.05) is 5.39 Å². The number of fused-ring (bicyclic) bond motifs is 1. The van der Waals surface area contributed by atoms with Gasteiger partial charge in [-0.05, 0) is 17.7 Å². The lowest BCUT2D eigenvalue weighted by atomic mass is 10.0. The van der Waals surface area contributed by atoms with Gasteiger partial charge in [0.25, 0.3) is 0 Å². The minimum absolute atomic E-state index is 0.157. The van der Waals surface area contributed by atoms with Gasteiger partial charge in [-0.1, -0.05) is 12.1 Å². The van der Waals surface area contributed by atoms with Gasteiger partial charge in [0.15, 0.2) is 0 Å². The highest BCUT2D eigenvalue weighted by Gasteiger charge is 2.37. The number of pyridine rings is 1. The van der Waals surface area contributed by atoms with Gasteiger partial charge in [-0.15, -0.1) is 0 Å². The maximum Gasteiger partial charge on any atom is 0.433 e. The second-order valence-corrected chi connectivity index (χ2v) is 4.02. The zero-order valence-electron chi connectivity index (χ0n) is 9.68.